The van der Waals surface area contributed by atoms with Crippen molar-refractivity contribution < 1.29 is 5.11 Å². The van der Waals surface area contributed by atoms with Crippen LogP contribution >= 0.6 is 11.6 Å². The minimum absolute atomic E-state index is 0.217. The van der Waals surface area contributed by atoms with E-state index >= 15 is 0 Å². The molecule has 1 heterocycles. The van der Waals surface area contributed by atoms with Crippen molar-refractivity contribution >= 4 is 22.5 Å². The van der Waals surface area contributed by atoms with Gasteiger partial charge in [0, 0.05) is 10.4 Å². The van der Waals surface area contributed by atoms with Gasteiger partial charge < -0.3 is 5.11 Å². The van der Waals surface area contributed by atoms with Gasteiger partial charge in [0.15, 0.2) is 0 Å². The summed E-state index contributed by atoms with van der Waals surface area (Å²) in [7, 11) is 0. The van der Waals surface area contributed by atoms with E-state index in [1.54, 1.807) is 25.1 Å². The summed E-state index contributed by atoms with van der Waals surface area (Å²) in [5.74, 6) is 0.217. The fourth-order valence-electron chi connectivity index (χ4n) is 1.23. The average molecular weight is 194 g/mol. The van der Waals surface area contributed by atoms with Gasteiger partial charge in [0.25, 0.3) is 0 Å². The number of hydrogen-bond donors (Lipinski definition) is 1. The van der Waals surface area contributed by atoms with E-state index in [4.69, 9.17) is 11.6 Å². The van der Waals surface area contributed by atoms with Crippen LogP contribution in [-0.2, 0) is 0 Å². The van der Waals surface area contributed by atoms with Gasteiger partial charge in [-0.2, -0.15) is 0 Å². The molecule has 0 aliphatic carbocycles. The van der Waals surface area contributed by atoms with E-state index < -0.39 is 0 Å². The second kappa shape index (κ2) is 2.89. The molecule has 2 rings (SSSR count). The van der Waals surface area contributed by atoms with Gasteiger partial charge >= 0.3 is 0 Å². The number of hydrogen-bond acceptors (Lipinski definition) is 2. The van der Waals surface area contributed by atoms with E-state index in [0.29, 0.717) is 10.7 Å². The van der Waals surface area contributed by atoms with Crippen molar-refractivity contribution in [1.29, 1.82) is 0 Å². The van der Waals surface area contributed by atoms with E-state index in [9.17, 15) is 5.11 Å². The van der Waals surface area contributed by atoms with Crippen molar-refractivity contribution in [1.82, 2.24) is 4.98 Å². The Morgan fingerprint density at radius 2 is 2.08 bits per heavy atom. The molecule has 13 heavy (non-hydrogen) atoms. The zero-order valence-electron chi connectivity index (χ0n) is 7.08. The number of nitrogens with zero attached hydrogens (tertiary/aromatic N) is 1. The van der Waals surface area contributed by atoms with Gasteiger partial charge in [-0.1, -0.05) is 17.7 Å². The maximum atomic E-state index is 9.39. The van der Waals surface area contributed by atoms with Gasteiger partial charge in [0.2, 0.25) is 0 Å². The normalized spacial score (nSPS) is 10.6. The molecule has 0 amide bonds. The maximum absolute atomic E-state index is 9.39. The van der Waals surface area contributed by atoms with E-state index in [1.165, 1.54) is 0 Å². The number of benzene rings is 1. The molecule has 2 aromatic rings. The predicted molar refractivity (Wildman–Crippen MR) is 53.2 cm³/mol. The van der Waals surface area contributed by atoms with Crippen LogP contribution in [0.15, 0.2) is 24.3 Å². The van der Waals surface area contributed by atoms with Crippen LogP contribution in [0.4, 0.5) is 0 Å². The highest BCUT2D eigenvalue weighted by Gasteiger charge is 2.01. The average Bonchev–Trinajstić information content (AvgIpc) is 2.08. The van der Waals surface area contributed by atoms with Crippen LogP contribution in [0.2, 0.25) is 5.02 Å². The third-order valence-electron chi connectivity index (χ3n) is 1.94. The minimum Gasteiger partial charge on any atom is -0.506 e. The van der Waals surface area contributed by atoms with Gasteiger partial charge in [0.05, 0.1) is 11.2 Å². The first-order chi connectivity index (χ1) is 6.16. The molecule has 2 nitrogen and oxygen atoms in total. The number of halogens is 1. The molecule has 1 aromatic heterocycles. The summed E-state index contributed by atoms with van der Waals surface area (Å²) in [6, 6.07) is 7.08. The smallest absolute Gasteiger partial charge is 0.137 e. The Balaban J connectivity index is 2.81. The highest BCUT2D eigenvalue weighted by Crippen LogP contribution is 2.23. The van der Waals surface area contributed by atoms with Crippen molar-refractivity contribution in [2.45, 2.75) is 6.92 Å². The molecule has 0 radical (unpaired) electrons. The Hall–Kier alpha value is -1.28. The summed E-state index contributed by atoms with van der Waals surface area (Å²) < 4.78 is 0. The van der Waals surface area contributed by atoms with Gasteiger partial charge in [0.1, 0.15) is 5.75 Å². The molecule has 0 saturated heterocycles. The van der Waals surface area contributed by atoms with Crippen molar-refractivity contribution in [2.24, 2.45) is 0 Å². The monoisotopic (exact) mass is 193 g/mol. The Labute approximate surface area is 80.8 Å². The van der Waals surface area contributed by atoms with Crippen LogP contribution in [0.25, 0.3) is 10.9 Å². The molecular formula is C10H8ClNO. The van der Waals surface area contributed by atoms with Crippen molar-refractivity contribution in [2.75, 3.05) is 0 Å². The summed E-state index contributed by atoms with van der Waals surface area (Å²) in [6.07, 6.45) is 0. The van der Waals surface area contributed by atoms with E-state index in [2.05, 4.69) is 4.98 Å². The minimum atomic E-state index is 0.217. The van der Waals surface area contributed by atoms with Gasteiger partial charge in [-0.05, 0) is 25.1 Å². The Morgan fingerprint density at radius 1 is 1.31 bits per heavy atom. The number of aromatic hydroxyl groups is 1. The van der Waals surface area contributed by atoms with E-state index in [-0.39, 0.29) is 5.75 Å². The molecule has 0 atom stereocenters. The zero-order valence-corrected chi connectivity index (χ0v) is 7.84. The Kier molecular flexibility index (Phi) is 1.85. The Morgan fingerprint density at radius 3 is 2.85 bits per heavy atom. The van der Waals surface area contributed by atoms with Crippen LogP contribution in [0.3, 0.4) is 0 Å². The lowest BCUT2D eigenvalue weighted by molar-refractivity contribution is 0.469. The fourth-order valence-corrected chi connectivity index (χ4v) is 1.39. The van der Waals surface area contributed by atoms with Gasteiger partial charge in [-0.25, -0.2) is 4.98 Å². The fraction of sp³-hybridized carbons (Fsp3) is 0.100. The summed E-state index contributed by atoms with van der Waals surface area (Å²) in [6.45, 7) is 1.76. The largest absolute Gasteiger partial charge is 0.506 e. The molecule has 1 N–H and O–H groups in total. The van der Waals surface area contributed by atoms with Crippen LogP contribution in [-0.4, -0.2) is 10.1 Å². The van der Waals surface area contributed by atoms with Gasteiger partial charge in [-0.3, -0.25) is 0 Å². The number of rotatable bonds is 0. The van der Waals surface area contributed by atoms with Crippen molar-refractivity contribution in [3.63, 3.8) is 0 Å². The maximum Gasteiger partial charge on any atom is 0.137 e. The first kappa shape index (κ1) is 8.32. The molecular weight excluding hydrogens is 186 g/mol. The van der Waals surface area contributed by atoms with Crippen LogP contribution < -0.4 is 0 Å². The highest BCUT2D eigenvalue weighted by molar-refractivity contribution is 6.31. The van der Waals surface area contributed by atoms with E-state index in [1.807, 2.05) is 6.07 Å². The number of pyridine rings is 1. The van der Waals surface area contributed by atoms with E-state index in [0.717, 1.165) is 10.9 Å². The summed E-state index contributed by atoms with van der Waals surface area (Å²) >= 11 is 5.81. The molecule has 3 heteroatoms. The Bertz CT molecular complexity index is 468. The van der Waals surface area contributed by atoms with Gasteiger partial charge in [-0.15, -0.1) is 0 Å². The topological polar surface area (TPSA) is 33.1 Å². The second-order valence-corrected chi connectivity index (χ2v) is 3.37. The van der Waals surface area contributed by atoms with Crippen molar-refractivity contribution in [3.05, 3.63) is 35.0 Å². The van der Waals surface area contributed by atoms with Crippen LogP contribution in [0.5, 0.6) is 5.75 Å². The van der Waals surface area contributed by atoms with Crippen LogP contribution in [0.1, 0.15) is 5.69 Å². The first-order valence-electron chi connectivity index (χ1n) is 3.93. The lowest BCUT2D eigenvalue weighted by atomic mass is 10.2. The van der Waals surface area contributed by atoms with Crippen LogP contribution in [0, 0.1) is 6.92 Å². The quantitative estimate of drug-likeness (QED) is 0.698. The molecule has 0 aliphatic rings. The SMILES string of the molecule is Cc1nc2cc(Cl)ccc2cc1O. The molecule has 0 unspecified atom stereocenters. The number of fused-ring (bicyclic) bond motifs is 1. The second-order valence-electron chi connectivity index (χ2n) is 2.93. The number of aromatic nitrogens is 1. The molecule has 66 valence electrons. The first-order valence-corrected chi connectivity index (χ1v) is 4.30. The zero-order chi connectivity index (χ0) is 9.42. The lowest BCUT2D eigenvalue weighted by Crippen LogP contribution is -1.84. The standard InChI is InChI=1S/C10H8ClNO/c1-6-10(13)4-7-2-3-8(11)5-9(7)12-6/h2-5,13H,1H3. The third kappa shape index (κ3) is 1.45. The lowest BCUT2D eigenvalue weighted by Gasteiger charge is -2.01. The molecule has 0 bridgehead atoms. The molecule has 0 aliphatic heterocycles. The molecule has 0 spiro atoms. The summed E-state index contributed by atoms with van der Waals surface area (Å²) in [4.78, 5) is 4.20. The third-order valence-corrected chi connectivity index (χ3v) is 2.18. The number of aryl methyl sites for hydroxylation is 1. The molecule has 0 saturated carbocycles. The molecule has 1 aromatic carbocycles. The predicted octanol–water partition coefficient (Wildman–Crippen LogP) is 2.90. The summed E-state index contributed by atoms with van der Waals surface area (Å²) in [5.41, 5.74) is 1.43. The highest BCUT2D eigenvalue weighted by atomic mass is 35.5. The van der Waals surface area contributed by atoms with Crippen molar-refractivity contribution in [3.8, 4) is 5.75 Å². The summed E-state index contributed by atoms with van der Waals surface area (Å²) in [5, 5.41) is 10.9. The molecule has 0 fully saturated rings.